The van der Waals surface area contributed by atoms with Gasteiger partial charge in [0.15, 0.2) is 0 Å². The second kappa shape index (κ2) is 5.82. The molecule has 0 aliphatic carbocycles. The molecule has 0 amide bonds. The van der Waals surface area contributed by atoms with Gasteiger partial charge in [0.1, 0.15) is 5.75 Å². The van der Waals surface area contributed by atoms with E-state index in [4.69, 9.17) is 10.5 Å². The van der Waals surface area contributed by atoms with E-state index in [1.807, 2.05) is 24.3 Å². The molecule has 0 unspecified atom stereocenters. The lowest BCUT2D eigenvalue weighted by Crippen LogP contribution is -2.01. The zero-order valence-electron chi connectivity index (χ0n) is 8.76. The number of nitrogen functional groups attached to an aromatic ring is 1. The Kier molecular flexibility index (Phi) is 4.13. The molecule has 2 nitrogen and oxygen atoms in total. The highest BCUT2D eigenvalue weighted by Gasteiger charge is 1.99. The molecule has 0 bridgehead atoms. The standard InChI is InChI=1S/C12H13NOS2/c13-10-4-1-2-5-11(10)14-7-9-16-12-6-3-8-15-12/h1-6,8H,7,9,13H2. The molecule has 2 aromatic rings. The van der Waals surface area contributed by atoms with Crippen molar-refractivity contribution in [1.29, 1.82) is 0 Å². The van der Waals surface area contributed by atoms with Crippen LogP contribution >= 0.6 is 23.1 Å². The van der Waals surface area contributed by atoms with Gasteiger partial charge in [0.2, 0.25) is 0 Å². The first-order valence-corrected chi connectivity index (χ1v) is 6.86. The molecule has 1 aromatic carbocycles. The number of hydrogen-bond acceptors (Lipinski definition) is 4. The first kappa shape index (κ1) is 11.4. The first-order valence-electron chi connectivity index (χ1n) is 5.00. The summed E-state index contributed by atoms with van der Waals surface area (Å²) in [5.74, 6) is 1.71. The Bertz CT molecular complexity index is 428. The van der Waals surface area contributed by atoms with Gasteiger partial charge < -0.3 is 10.5 Å². The van der Waals surface area contributed by atoms with Crippen molar-refractivity contribution in [2.45, 2.75) is 4.21 Å². The SMILES string of the molecule is Nc1ccccc1OCCSc1cccs1. The summed E-state index contributed by atoms with van der Waals surface area (Å²) in [7, 11) is 0. The average Bonchev–Trinajstić information content (AvgIpc) is 2.79. The fraction of sp³-hybridized carbons (Fsp3) is 0.167. The van der Waals surface area contributed by atoms with Crippen molar-refractivity contribution in [1.82, 2.24) is 0 Å². The van der Waals surface area contributed by atoms with Gasteiger partial charge in [-0.05, 0) is 23.6 Å². The maximum atomic E-state index is 5.77. The van der Waals surface area contributed by atoms with Crippen LogP contribution in [0.25, 0.3) is 0 Å². The Labute approximate surface area is 103 Å². The molecule has 0 aliphatic rings. The fourth-order valence-corrected chi connectivity index (χ4v) is 2.93. The molecule has 0 aliphatic heterocycles. The van der Waals surface area contributed by atoms with E-state index < -0.39 is 0 Å². The number of thiophene rings is 1. The maximum Gasteiger partial charge on any atom is 0.142 e. The molecular weight excluding hydrogens is 238 g/mol. The predicted octanol–water partition coefficient (Wildman–Crippen LogP) is 3.50. The molecule has 4 heteroatoms. The van der Waals surface area contributed by atoms with E-state index in [0.29, 0.717) is 12.3 Å². The third kappa shape index (κ3) is 3.18. The fourth-order valence-electron chi connectivity index (χ4n) is 1.25. The summed E-state index contributed by atoms with van der Waals surface area (Å²) in [5.41, 5.74) is 6.47. The van der Waals surface area contributed by atoms with Crippen LogP contribution < -0.4 is 10.5 Å². The number of para-hydroxylation sites is 2. The highest BCUT2D eigenvalue weighted by atomic mass is 32.2. The summed E-state index contributed by atoms with van der Waals surface area (Å²) < 4.78 is 6.92. The van der Waals surface area contributed by atoms with Crippen molar-refractivity contribution < 1.29 is 4.74 Å². The quantitative estimate of drug-likeness (QED) is 0.502. The van der Waals surface area contributed by atoms with Crippen molar-refractivity contribution >= 4 is 28.8 Å². The van der Waals surface area contributed by atoms with E-state index in [2.05, 4.69) is 17.5 Å². The van der Waals surface area contributed by atoms with Crippen molar-refractivity contribution in [2.75, 3.05) is 18.1 Å². The molecule has 16 heavy (non-hydrogen) atoms. The van der Waals surface area contributed by atoms with Gasteiger partial charge in [-0.15, -0.1) is 23.1 Å². The van der Waals surface area contributed by atoms with Gasteiger partial charge in [0.25, 0.3) is 0 Å². The molecule has 0 atom stereocenters. The lowest BCUT2D eigenvalue weighted by Gasteiger charge is -2.07. The smallest absolute Gasteiger partial charge is 0.142 e. The van der Waals surface area contributed by atoms with E-state index in [1.165, 1.54) is 4.21 Å². The average molecular weight is 251 g/mol. The molecule has 0 saturated carbocycles. The van der Waals surface area contributed by atoms with Crippen molar-refractivity contribution in [3.8, 4) is 5.75 Å². The van der Waals surface area contributed by atoms with Gasteiger partial charge in [-0.2, -0.15) is 0 Å². The molecule has 0 radical (unpaired) electrons. The van der Waals surface area contributed by atoms with E-state index in [0.717, 1.165) is 11.5 Å². The molecule has 1 aromatic heterocycles. The largest absolute Gasteiger partial charge is 0.491 e. The normalized spacial score (nSPS) is 10.2. The summed E-state index contributed by atoms with van der Waals surface area (Å²) in [4.78, 5) is 0. The molecule has 1 heterocycles. The maximum absolute atomic E-state index is 5.77. The van der Waals surface area contributed by atoms with E-state index in [-0.39, 0.29) is 0 Å². The minimum atomic E-state index is 0.677. The lowest BCUT2D eigenvalue weighted by atomic mass is 10.3. The molecule has 0 saturated heterocycles. The summed E-state index contributed by atoms with van der Waals surface area (Å²) in [6.45, 7) is 0.677. The minimum Gasteiger partial charge on any atom is -0.491 e. The van der Waals surface area contributed by atoms with Gasteiger partial charge in [-0.1, -0.05) is 18.2 Å². The van der Waals surface area contributed by atoms with Crippen LogP contribution in [0, 0.1) is 0 Å². The third-order valence-corrected chi connectivity index (χ3v) is 4.09. The van der Waals surface area contributed by atoms with Crippen LogP contribution in [0.3, 0.4) is 0 Å². The molecule has 2 rings (SSSR count). The van der Waals surface area contributed by atoms with Crippen molar-refractivity contribution in [2.24, 2.45) is 0 Å². The van der Waals surface area contributed by atoms with Gasteiger partial charge in [0, 0.05) is 5.75 Å². The van der Waals surface area contributed by atoms with E-state index in [1.54, 1.807) is 23.1 Å². The zero-order chi connectivity index (χ0) is 11.2. The van der Waals surface area contributed by atoms with Gasteiger partial charge >= 0.3 is 0 Å². The first-order chi connectivity index (χ1) is 7.86. The van der Waals surface area contributed by atoms with Crippen LogP contribution in [-0.4, -0.2) is 12.4 Å². The van der Waals surface area contributed by atoms with Gasteiger partial charge in [-0.25, -0.2) is 0 Å². The Morgan fingerprint density at radius 3 is 2.81 bits per heavy atom. The van der Waals surface area contributed by atoms with Crippen molar-refractivity contribution in [3.05, 3.63) is 41.8 Å². The van der Waals surface area contributed by atoms with Crippen LogP contribution in [0.2, 0.25) is 0 Å². The summed E-state index contributed by atoms with van der Waals surface area (Å²) in [6, 6.07) is 11.8. The number of anilines is 1. The van der Waals surface area contributed by atoms with Gasteiger partial charge in [-0.3, -0.25) is 0 Å². The molecule has 84 valence electrons. The van der Waals surface area contributed by atoms with Crippen molar-refractivity contribution in [3.63, 3.8) is 0 Å². The summed E-state index contributed by atoms with van der Waals surface area (Å²) >= 11 is 3.56. The van der Waals surface area contributed by atoms with Crippen LogP contribution in [0.4, 0.5) is 5.69 Å². The summed E-state index contributed by atoms with van der Waals surface area (Å²) in [5, 5.41) is 2.08. The highest BCUT2D eigenvalue weighted by molar-refractivity contribution is 8.01. The number of benzene rings is 1. The van der Waals surface area contributed by atoms with Crippen LogP contribution in [0.5, 0.6) is 5.75 Å². The summed E-state index contributed by atoms with van der Waals surface area (Å²) in [6.07, 6.45) is 0. The minimum absolute atomic E-state index is 0.677. The highest BCUT2D eigenvalue weighted by Crippen LogP contribution is 2.24. The monoisotopic (exact) mass is 251 g/mol. The van der Waals surface area contributed by atoms with Crippen LogP contribution in [0.15, 0.2) is 46.0 Å². The number of nitrogens with two attached hydrogens (primary N) is 1. The topological polar surface area (TPSA) is 35.2 Å². The van der Waals surface area contributed by atoms with Crippen LogP contribution in [-0.2, 0) is 0 Å². The van der Waals surface area contributed by atoms with Gasteiger partial charge in [0.05, 0.1) is 16.5 Å². The zero-order valence-corrected chi connectivity index (χ0v) is 10.4. The van der Waals surface area contributed by atoms with Crippen LogP contribution in [0.1, 0.15) is 0 Å². The van der Waals surface area contributed by atoms with E-state index in [9.17, 15) is 0 Å². The molecular formula is C12H13NOS2. The second-order valence-electron chi connectivity index (χ2n) is 3.17. The number of rotatable bonds is 5. The molecule has 0 fully saturated rings. The van der Waals surface area contributed by atoms with E-state index >= 15 is 0 Å². The number of hydrogen-bond donors (Lipinski definition) is 1. The number of ether oxygens (including phenoxy) is 1. The second-order valence-corrected chi connectivity index (χ2v) is 5.51. The molecule has 0 spiro atoms. The third-order valence-electron chi connectivity index (χ3n) is 2.00. The lowest BCUT2D eigenvalue weighted by molar-refractivity contribution is 0.346. The Morgan fingerprint density at radius 1 is 1.19 bits per heavy atom. The Balaban J connectivity index is 1.74. The number of thioether (sulfide) groups is 1. The predicted molar refractivity (Wildman–Crippen MR) is 71.4 cm³/mol. The Hall–Kier alpha value is -1.13. The Morgan fingerprint density at radius 2 is 2.06 bits per heavy atom. The molecule has 2 N–H and O–H groups in total.